The molecule has 0 aliphatic rings. The van der Waals surface area contributed by atoms with E-state index in [-0.39, 0.29) is 0 Å². The van der Waals surface area contributed by atoms with Crippen LogP contribution in [0, 0.1) is 6.92 Å². The van der Waals surface area contributed by atoms with Crippen LogP contribution < -0.4 is 11.1 Å². The minimum atomic E-state index is 0.347. The Kier molecular flexibility index (Phi) is 4.45. The lowest BCUT2D eigenvalue weighted by Gasteiger charge is -2.15. The summed E-state index contributed by atoms with van der Waals surface area (Å²) in [7, 11) is 0. The Morgan fingerprint density at radius 3 is 2.68 bits per heavy atom. The molecule has 0 aliphatic carbocycles. The second kappa shape index (κ2) is 5.90. The number of benzene rings is 2. The molecule has 3 N–H and O–H groups in total. The van der Waals surface area contributed by atoms with E-state index in [1.165, 1.54) is 0 Å². The average molecular weight is 356 g/mol. The van der Waals surface area contributed by atoms with Gasteiger partial charge in [-0.1, -0.05) is 51.9 Å². The summed E-state index contributed by atoms with van der Waals surface area (Å²) < 4.78 is 0.944. The summed E-state index contributed by atoms with van der Waals surface area (Å²) >= 11 is 14.7. The third kappa shape index (κ3) is 3.26. The normalized spacial score (nSPS) is 10.3. The van der Waals surface area contributed by atoms with E-state index in [2.05, 4.69) is 21.2 Å². The van der Waals surface area contributed by atoms with E-state index in [0.29, 0.717) is 10.0 Å². The van der Waals surface area contributed by atoms with E-state index in [4.69, 9.17) is 29.6 Å². The van der Waals surface area contributed by atoms with E-state index in [9.17, 15) is 0 Å². The van der Waals surface area contributed by atoms with Crippen molar-refractivity contribution in [2.24, 2.45) is 5.73 Å². The number of nitrogens with one attached hydrogen (secondary N) is 1. The summed E-state index contributed by atoms with van der Waals surface area (Å²) in [5.74, 6) is 0. The molecule has 2 nitrogen and oxygen atoms in total. The molecule has 0 aromatic heterocycles. The van der Waals surface area contributed by atoms with Crippen LogP contribution in [0.25, 0.3) is 0 Å². The van der Waals surface area contributed by atoms with Crippen LogP contribution in [0.5, 0.6) is 0 Å². The van der Waals surface area contributed by atoms with Gasteiger partial charge in [0.25, 0.3) is 0 Å². The molecule has 2 aromatic carbocycles. The summed E-state index contributed by atoms with van der Waals surface area (Å²) in [4.78, 5) is 0.347. The van der Waals surface area contributed by atoms with Crippen molar-refractivity contribution in [1.29, 1.82) is 0 Å². The number of hydrogen-bond donors (Lipinski definition) is 2. The summed E-state index contributed by atoms with van der Waals surface area (Å²) in [5.41, 5.74) is 9.28. The molecule has 0 radical (unpaired) electrons. The molecule has 98 valence electrons. The monoisotopic (exact) mass is 354 g/mol. The minimum Gasteiger partial charge on any atom is -0.389 e. The quantitative estimate of drug-likeness (QED) is 0.778. The SMILES string of the molecule is Cc1cccc(Cl)c1Nc1cc(Br)ccc1C(N)=S. The highest BCUT2D eigenvalue weighted by molar-refractivity contribution is 9.10. The Labute approximate surface area is 131 Å². The standard InChI is InChI=1S/C14H12BrClN2S/c1-8-3-2-4-11(16)13(8)18-12-7-9(15)5-6-10(12)14(17)19/h2-7,18H,1H3,(H2,17,19). The van der Waals surface area contributed by atoms with E-state index in [0.717, 1.165) is 27.0 Å². The van der Waals surface area contributed by atoms with Gasteiger partial charge in [-0.15, -0.1) is 0 Å². The molecule has 5 heteroatoms. The molecule has 0 bridgehead atoms. The lowest BCUT2D eigenvalue weighted by Crippen LogP contribution is -2.12. The van der Waals surface area contributed by atoms with Crippen molar-refractivity contribution in [1.82, 2.24) is 0 Å². The van der Waals surface area contributed by atoms with Crippen molar-refractivity contribution in [3.05, 3.63) is 57.0 Å². The van der Waals surface area contributed by atoms with Crippen LogP contribution in [0.4, 0.5) is 11.4 Å². The summed E-state index contributed by atoms with van der Waals surface area (Å²) in [6.07, 6.45) is 0. The number of halogens is 2. The summed E-state index contributed by atoms with van der Waals surface area (Å²) in [6.45, 7) is 1.99. The van der Waals surface area contributed by atoms with Gasteiger partial charge in [-0.25, -0.2) is 0 Å². The van der Waals surface area contributed by atoms with Gasteiger partial charge in [0.2, 0.25) is 0 Å². The molecule has 2 rings (SSSR count). The van der Waals surface area contributed by atoms with Crippen molar-refractivity contribution in [2.45, 2.75) is 6.92 Å². The number of nitrogens with two attached hydrogens (primary N) is 1. The molecular weight excluding hydrogens is 344 g/mol. The van der Waals surface area contributed by atoms with Crippen LogP contribution in [-0.2, 0) is 0 Å². The Balaban J connectivity index is 2.49. The Morgan fingerprint density at radius 2 is 2.05 bits per heavy atom. The molecule has 0 fully saturated rings. The molecule has 0 heterocycles. The zero-order valence-corrected chi connectivity index (χ0v) is 13.4. The van der Waals surface area contributed by atoms with Crippen molar-refractivity contribution in [2.75, 3.05) is 5.32 Å². The van der Waals surface area contributed by atoms with Crippen LogP contribution in [0.15, 0.2) is 40.9 Å². The van der Waals surface area contributed by atoms with Crippen LogP contribution >= 0.6 is 39.7 Å². The smallest absolute Gasteiger partial charge is 0.106 e. The number of rotatable bonds is 3. The first-order valence-corrected chi connectivity index (χ1v) is 7.18. The fourth-order valence-corrected chi connectivity index (χ4v) is 2.57. The highest BCUT2D eigenvalue weighted by Crippen LogP contribution is 2.31. The third-order valence-corrected chi connectivity index (χ3v) is 3.76. The molecule has 0 unspecified atom stereocenters. The first kappa shape index (κ1) is 14.3. The van der Waals surface area contributed by atoms with Crippen LogP contribution in [0.3, 0.4) is 0 Å². The summed E-state index contributed by atoms with van der Waals surface area (Å²) in [6, 6.07) is 11.5. The maximum absolute atomic E-state index is 6.21. The van der Waals surface area contributed by atoms with Gasteiger partial charge in [-0.3, -0.25) is 0 Å². The molecule has 0 spiro atoms. The van der Waals surface area contributed by atoms with Gasteiger partial charge in [0.05, 0.1) is 10.7 Å². The molecule has 0 saturated carbocycles. The second-order valence-electron chi connectivity index (χ2n) is 4.11. The molecule has 2 aromatic rings. The van der Waals surface area contributed by atoms with Gasteiger partial charge in [0.15, 0.2) is 0 Å². The number of para-hydroxylation sites is 1. The fourth-order valence-electron chi connectivity index (χ4n) is 1.76. The molecule has 0 atom stereocenters. The van der Waals surface area contributed by atoms with Crippen molar-refractivity contribution >= 4 is 56.1 Å². The van der Waals surface area contributed by atoms with Gasteiger partial charge in [-0.2, -0.15) is 0 Å². The maximum atomic E-state index is 6.21. The number of aryl methyl sites for hydroxylation is 1. The first-order chi connectivity index (χ1) is 8.99. The molecule has 0 saturated heterocycles. The molecule has 0 aliphatic heterocycles. The van der Waals surface area contributed by atoms with Gasteiger partial charge in [0, 0.05) is 15.7 Å². The molecular formula is C14H12BrClN2S. The number of thiocarbonyl (C=S) groups is 1. The second-order valence-corrected chi connectivity index (χ2v) is 5.87. The van der Waals surface area contributed by atoms with E-state index >= 15 is 0 Å². The zero-order chi connectivity index (χ0) is 14.0. The summed E-state index contributed by atoms with van der Waals surface area (Å²) in [5, 5.41) is 3.96. The van der Waals surface area contributed by atoms with Crippen molar-refractivity contribution in [3.8, 4) is 0 Å². The lowest BCUT2D eigenvalue weighted by atomic mass is 10.1. The number of anilines is 2. The van der Waals surface area contributed by atoms with Crippen molar-refractivity contribution in [3.63, 3.8) is 0 Å². The van der Waals surface area contributed by atoms with Crippen LogP contribution in [0.1, 0.15) is 11.1 Å². The first-order valence-electron chi connectivity index (χ1n) is 5.60. The zero-order valence-electron chi connectivity index (χ0n) is 10.2. The molecule has 0 amide bonds. The van der Waals surface area contributed by atoms with E-state index in [1.54, 1.807) is 0 Å². The predicted octanol–water partition coefficient (Wildman–Crippen LogP) is 4.79. The van der Waals surface area contributed by atoms with E-state index in [1.807, 2.05) is 43.3 Å². The minimum absolute atomic E-state index is 0.347. The molecule has 19 heavy (non-hydrogen) atoms. The van der Waals surface area contributed by atoms with Crippen molar-refractivity contribution < 1.29 is 0 Å². The van der Waals surface area contributed by atoms with Gasteiger partial charge in [0.1, 0.15) is 4.99 Å². The maximum Gasteiger partial charge on any atom is 0.106 e. The largest absolute Gasteiger partial charge is 0.389 e. The lowest BCUT2D eigenvalue weighted by molar-refractivity contribution is 1.42. The van der Waals surface area contributed by atoms with E-state index < -0.39 is 0 Å². The fraction of sp³-hybridized carbons (Fsp3) is 0.0714. The Bertz CT molecular complexity index is 623. The Morgan fingerprint density at radius 1 is 1.32 bits per heavy atom. The Hall–Kier alpha value is -1.10. The third-order valence-electron chi connectivity index (χ3n) is 2.73. The van der Waals surface area contributed by atoms with Gasteiger partial charge < -0.3 is 11.1 Å². The topological polar surface area (TPSA) is 38.0 Å². The average Bonchev–Trinajstić information content (AvgIpc) is 2.33. The van der Waals surface area contributed by atoms with Gasteiger partial charge in [-0.05, 0) is 36.8 Å². The van der Waals surface area contributed by atoms with Crippen LogP contribution in [0.2, 0.25) is 5.02 Å². The highest BCUT2D eigenvalue weighted by Gasteiger charge is 2.09. The highest BCUT2D eigenvalue weighted by atomic mass is 79.9. The predicted molar refractivity (Wildman–Crippen MR) is 89.5 cm³/mol. The van der Waals surface area contributed by atoms with Gasteiger partial charge >= 0.3 is 0 Å². The van der Waals surface area contributed by atoms with Crippen LogP contribution in [-0.4, -0.2) is 4.99 Å². The number of hydrogen-bond acceptors (Lipinski definition) is 2.